The van der Waals surface area contributed by atoms with Crippen LogP contribution in [0.3, 0.4) is 0 Å². The topological polar surface area (TPSA) is 173 Å². The number of rotatable bonds is 5. The molecule has 0 saturated heterocycles. The van der Waals surface area contributed by atoms with E-state index in [1.807, 2.05) is 0 Å². The Bertz CT molecular complexity index is 1340. The number of hydrogen-bond acceptors (Lipinski definition) is 9. The van der Waals surface area contributed by atoms with E-state index in [0.717, 1.165) is 29.3 Å². The molecule has 0 fully saturated rings. The average molecular weight is 506 g/mol. The van der Waals surface area contributed by atoms with Crippen LogP contribution in [0, 0.1) is 0 Å². The molecular weight excluding hydrogens is 495 g/mol. The Morgan fingerprint density at radius 3 is 2.16 bits per heavy atom. The van der Waals surface area contributed by atoms with Crippen LogP contribution in [0.2, 0.25) is 10.0 Å². The molecule has 0 radical (unpaired) electrons. The van der Waals surface area contributed by atoms with Crippen LogP contribution >= 0.6 is 23.2 Å². The van der Waals surface area contributed by atoms with Gasteiger partial charge >= 0.3 is 5.91 Å². The fraction of sp³-hybridized carbons (Fsp3) is 0.125. The van der Waals surface area contributed by atoms with Crippen molar-refractivity contribution in [1.29, 1.82) is 0 Å². The number of azo groups is 1. The fourth-order valence-corrected chi connectivity index (χ4v) is 4.38. The molecule has 3 rings (SSSR count). The van der Waals surface area contributed by atoms with Crippen molar-refractivity contribution in [2.24, 2.45) is 10.2 Å². The lowest BCUT2D eigenvalue weighted by Crippen LogP contribution is -2.81. The van der Waals surface area contributed by atoms with Crippen molar-refractivity contribution in [1.82, 2.24) is 0 Å². The molecule has 2 aromatic rings. The van der Waals surface area contributed by atoms with E-state index in [9.17, 15) is 30.7 Å². The van der Waals surface area contributed by atoms with Crippen molar-refractivity contribution in [2.45, 2.75) is 22.8 Å². The van der Waals surface area contributed by atoms with Gasteiger partial charge in [0.05, 0.1) is 25.5 Å². The molecule has 164 valence electrons. The van der Waals surface area contributed by atoms with E-state index < -0.39 is 47.0 Å². The summed E-state index contributed by atoms with van der Waals surface area (Å²) in [5, 5.41) is 10.8. The summed E-state index contributed by atoms with van der Waals surface area (Å²) in [5.74, 6) is -0.629. The number of carbonyl (C=O) groups is 1. The third-order valence-corrected chi connectivity index (χ3v) is 6.53. The summed E-state index contributed by atoms with van der Waals surface area (Å²) in [5.41, 5.74) is 0.531. The minimum atomic E-state index is -4.87. The fourth-order valence-electron chi connectivity index (χ4n) is 2.60. The van der Waals surface area contributed by atoms with E-state index in [1.165, 1.54) is 12.1 Å². The predicted molar refractivity (Wildman–Crippen MR) is 106 cm³/mol. The van der Waals surface area contributed by atoms with E-state index in [-0.39, 0.29) is 16.4 Å². The van der Waals surface area contributed by atoms with E-state index >= 15 is 0 Å². The van der Waals surface area contributed by atoms with E-state index in [0.29, 0.717) is 5.71 Å². The van der Waals surface area contributed by atoms with Gasteiger partial charge in [-0.3, -0.25) is 4.79 Å². The van der Waals surface area contributed by atoms with Crippen LogP contribution in [-0.2, 0) is 25.0 Å². The lowest BCUT2D eigenvalue weighted by atomic mass is 10.2. The largest absolute Gasteiger partial charge is 0.744 e. The molecular formula is C16H11Cl2N4O7S2-. The van der Waals surface area contributed by atoms with Gasteiger partial charge in [0.2, 0.25) is 11.8 Å². The number of carbonyl (C=O) groups excluding carboxylic acids is 1. The summed E-state index contributed by atoms with van der Waals surface area (Å²) in [6, 6.07) is 5.39. The number of hydrazine groups is 1. The molecule has 31 heavy (non-hydrogen) atoms. The number of nitrogens with one attached hydrogen (secondary N) is 1. The molecule has 2 aromatic carbocycles. The number of hydrazone groups is 1. The van der Waals surface area contributed by atoms with Gasteiger partial charge in [0.1, 0.15) is 25.9 Å². The normalized spacial score (nSPS) is 17.5. The molecule has 1 aliphatic heterocycles. The minimum Gasteiger partial charge on any atom is -0.744 e. The highest BCUT2D eigenvalue weighted by atomic mass is 35.5. The monoisotopic (exact) mass is 505 g/mol. The first-order valence-corrected chi connectivity index (χ1v) is 11.7. The summed E-state index contributed by atoms with van der Waals surface area (Å²) in [6.07, 6.45) is 0. The predicted octanol–water partition coefficient (Wildman–Crippen LogP) is 0.757. The van der Waals surface area contributed by atoms with Crippen LogP contribution in [0.15, 0.2) is 56.4 Å². The van der Waals surface area contributed by atoms with Crippen molar-refractivity contribution in [3.8, 4) is 0 Å². The third-order valence-electron chi connectivity index (χ3n) is 4.08. The van der Waals surface area contributed by atoms with Crippen LogP contribution in [-0.4, -0.2) is 43.6 Å². The Morgan fingerprint density at radius 1 is 1.00 bits per heavy atom. The number of amides is 1. The van der Waals surface area contributed by atoms with Gasteiger partial charge < -0.3 is 9.11 Å². The first-order chi connectivity index (χ1) is 14.3. The number of nitrogens with zero attached hydrogens (tertiary/aromatic N) is 3. The molecule has 0 spiro atoms. The van der Waals surface area contributed by atoms with E-state index in [2.05, 4.69) is 15.3 Å². The molecule has 1 amide bonds. The van der Waals surface area contributed by atoms with Gasteiger partial charge in [0, 0.05) is 6.92 Å². The first kappa shape index (κ1) is 23.2. The van der Waals surface area contributed by atoms with Crippen LogP contribution in [0.25, 0.3) is 0 Å². The lowest BCUT2D eigenvalue weighted by Gasteiger charge is -2.14. The van der Waals surface area contributed by atoms with Gasteiger partial charge in [0.15, 0.2) is 0 Å². The summed E-state index contributed by atoms with van der Waals surface area (Å²) in [6.45, 7) is 1.54. The summed E-state index contributed by atoms with van der Waals surface area (Å²) in [7, 11) is -9.47. The molecule has 0 aromatic heterocycles. The molecule has 1 N–H and O–H groups in total. The second-order valence-corrected chi connectivity index (χ2v) is 9.76. The van der Waals surface area contributed by atoms with Gasteiger partial charge in [0.25, 0.3) is 0 Å². The van der Waals surface area contributed by atoms with Crippen LogP contribution in [0.1, 0.15) is 6.92 Å². The van der Waals surface area contributed by atoms with E-state index in [4.69, 9.17) is 23.2 Å². The van der Waals surface area contributed by atoms with Crippen molar-refractivity contribution in [3.63, 3.8) is 0 Å². The quantitative estimate of drug-likeness (QED) is 0.460. The number of anilines is 1. The zero-order valence-corrected chi connectivity index (χ0v) is 18.5. The minimum absolute atomic E-state index is 0.00822. The van der Waals surface area contributed by atoms with E-state index in [1.54, 1.807) is 6.92 Å². The Balaban J connectivity index is 1.87. The maximum Gasteiger partial charge on any atom is 0.320 e. The maximum atomic E-state index is 12.8. The average Bonchev–Trinajstić information content (AvgIpc) is 2.94. The summed E-state index contributed by atoms with van der Waals surface area (Å²) >= 11 is 11.9. The van der Waals surface area contributed by atoms with Crippen LogP contribution in [0.5, 0.6) is 0 Å². The standard InChI is InChI=1S/C16H12Cl2N4O7S2/c1-8-15(20-19-9-2-4-10(5-3-9)30(24,25)26)16(23)22(21-8)13-6-12(18)14(7-11(13)17)31(27,28)29/h2-7,15H,1H3,(H,24,25,26)(H,27,28,29)/p-1. The molecule has 1 unspecified atom stereocenters. The molecule has 0 saturated carbocycles. The van der Waals surface area contributed by atoms with Crippen LogP contribution < -0.4 is 10.1 Å². The number of hydrogen-bond donors (Lipinski definition) is 1. The third kappa shape index (κ3) is 4.92. The molecule has 11 nitrogen and oxygen atoms in total. The van der Waals surface area contributed by atoms with Gasteiger partial charge in [-0.05, 0) is 36.4 Å². The summed E-state index contributed by atoms with van der Waals surface area (Å²) < 4.78 is 66.5. The molecule has 1 atom stereocenters. The van der Waals surface area contributed by atoms with Gasteiger partial charge in [-0.1, -0.05) is 28.2 Å². The molecule has 0 aliphatic carbocycles. The molecule has 1 heterocycles. The zero-order chi connectivity index (χ0) is 23.1. The van der Waals surface area contributed by atoms with Crippen molar-refractivity contribution in [3.05, 3.63) is 46.4 Å². The molecule has 0 bridgehead atoms. The zero-order valence-electron chi connectivity index (χ0n) is 15.3. The Morgan fingerprint density at radius 2 is 1.61 bits per heavy atom. The first-order valence-electron chi connectivity index (χ1n) is 8.15. The molecule has 15 heteroatoms. The highest BCUT2D eigenvalue weighted by molar-refractivity contribution is 7.86. The Kier molecular flexibility index (Phi) is 6.19. The van der Waals surface area contributed by atoms with Crippen molar-refractivity contribution >= 4 is 66.4 Å². The van der Waals surface area contributed by atoms with Crippen molar-refractivity contribution in [2.75, 3.05) is 5.01 Å². The smallest absolute Gasteiger partial charge is 0.320 e. The Hall–Kier alpha value is -2.42. The highest BCUT2D eigenvalue weighted by Gasteiger charge is 2.42. The number of halogens is 2. The van der Waals surface area contributed by atoms with Gasteiger partial charge in [-0.15, -0.1) is 5.10 Å². The van der Waals surface area contributed by atoms with Crippen molar-refractivity contribution < 1.29 is 35.8 Å². The Labute approximate surface area is 186 Å². The van der Waals surface area contributed by atoms with Gasteiger partial charge in [-0.25, -0.2) is 16.8 Å². The van der Waals surface area contributed by atoms with Crippen LogP contribution in [0.4, 0.5) is 11.4 Å². The highest BCUT2D eigenvalue weighted by Crippen LogP contribution is 2.33. The SMILES string of the molecule is CC1=[NH+]N(c2cc(Cl)c(S(=O)(=O)[O-])cc2Cl)C(=O)C1N=Nc1ccc(S(=O)(=O)[O-])cc1. The lowest BCUT2D eigenvalue weighted by molar-refractivity contribution is -0.455. The number of benzene rings is 2. The summed E-state index contributed by atoms with van der Waals surface area (Å²) in [4.78, 5) is 11.6. The second kappa shape index (κ2) is 8.26. The maximum absolute atomic E-state index is 12.8. The molecule has 1 aliphatic rings. The van der Waals surface area contributed by atoms with Gasteiger partial charge in [-0.2, -0.15) is 10.2 Å². The second-order valence-electron chi connectivity index (χ2n) is 6.22.